The Labute approximate surface area is 135 Å². The van der Waals surface area contributed by atoms with Gasteiger partial charge in [-0.1, -0.05) is 17.3 Å². The molecule has 0 unspecified atom stereocenters. The summed E-state index contributed by atoms with van der Waals surface area (Å²) in [4.78, 5) is 22.0. The fourth-order valence-corrected chi connectivity index (χ4v) is 2.07. The van der Waals surface area contributed by atoms with Crippen LogP contribution in [0.1, 0.15) is 5.56 Å². The number of carbonyl (C=O) groups excluding carboxylic acids is 1. The Balaban J connectivity index is 1.60. The van der Waals surface area contributed by atoms with Crippen LogP contribution in [0.5, 0.6) is 0 Å². The first-order valence-corrected chi connectivity index (χ1v) is 6.98. The number of hydrogen-bond donors (Lipinski definition) is 1. The highest BCUT2D eigenvalue weighted by Gasteiger charge is 2.07. The lowest BCUT2D eigenvalue weighted by molar-refractivity contribution is -0.384. The number of fused-ring (bicyclic) bond motifs is 1. The minimum Gasteiger partial charge on any atom is -0.271 e. The van der Waals surface area contributed by atoms with Crippen LogP contribution in [0, 0.1) is 10.1 Å². The molecule has 0 radical (unpaired) electrons. The highest BCUT2D eigenvalue weighted by Crippen LogP contribution is 2.11. The van der Waals surface area contributed by atoms with Crippen LogP contribution < -0.4 is 5.43 Å². The molecular formula is C15H12N6O3. The number of nitrogens with zero attached hydrogens (tertiary/aromatic N) is 5. The number of nitrogens with one attached hydrogen (secondary N) is 1. The van der Waals surface area contributed by atoms with Gasteiger partial charge in [-0.2, -0.15) is 5.10 Å². The lowest BCUT2D eigenvalue weighted by atomic mass is 10.2. The molecule has 1 N–H and O–H groups in total. The third kappa shape index (κ3) is 3.40. The molecule has 1 amide bonds. The third-order valence-electron chi connectivity index (χ3n) is 3.22. The van der Waals surface area contributed by atoms with Gasteiger partial charge in [-0.15, -0.1) is 5.10 Å². The SMILES string of the molecule is O=C(Cn1nnc2ccccc21)N/N=C/c1ccc([N+](=O)[O-])cc1. The largest absolute Gasteiger partial charge is 0.271 e. The van der Waals surface area contributed by atoms with E-state index >= 15 is 0 Å². The van der Waals surface area contributed by atoms with Crippen molar-refractivity contribution >= 4 is 28.8 Å². The standard InChI is InChI=1S/C15H12N6O3/c22-15(10-20-14-4-2-1-3-13(14)17-19-20)18-16-9-11-5-7-12(8-6-11)21(23)24/h1-9H,10H2,(H,18,22)/b16-9+. The molecule has 0 saturated carbocycles. The highest BCUT2D eigenvalue weighted by atomic mass is 16.6. The maximum absolute atomic E-state index is 11.9. The molecule has 0 aliphatic rings. The van der Waals surface area contributed by atoms with Gasteiger partial charge < -0.3 is 0 Å². The number of hydrazone groups is 1. The molecule has 0 aliphatic carbocycles. The second-order valence-electron chi connectivity index (χ2n) is 4.88. The molecule has 0 saturated heterocycles. The second-order valence-corrected chi connectivity index (χ2v) is 4.88. The summed E-state index contributed by atoms with van der Waals surface area (Å²) in [7, 11) is 0. The Morgan fingerprint density at radius 1 is 1.25 bits per heavy atom. The predicted octanol–water partition coefficient (Wildman–Crippen LogP) is 1.49. The summed E-state index contributed by atoms with van der Waals surface area (Å²) >= 11 is 0. The number of non-ortho nitro benzene ring substituents is 1. The zero-order chi connectivity index (χ0) is 16.9. The van der Waals surface area contributed by atoms with Gasteiger partial charge in [-0.05, 0) is 29.8 Å². The Morgan fingerprint density at radius 3 is 2.75 bits per heavy atom. The molecule has 3 aromatic rings. The quantitative estimate of drug-likeness (QED) is 0.434. The van der Waals surface area contributed by atoms with Crippen LogP contribution in [0.25, 0.3) is 11.0 Å². The smallest absolute Gasteiger partial charge is 0.269 e. The average Bonchev–Trinajstić information content (AvgIpc) is 2.98. The van der Waals surface area contributed by atoms with Gasteiger partial charge in [0.25, 0.3) is 11.6 Å². The van der Waals surface area contributed by atoms with Crippen LogP contribution in [-0.4, -0.2) is 32.0 Å². The van der Waals surface area contributed by atoms with Crippen LogP contribution in [0.2, 0.25) is 0 Å². The summed E-state index contributed by atoms with van der Waals surface area (Å²) in [5.41, 5.74) is 4.47. The van der Waals surface area contributed by atoms with Crippen molar-refractivity contribution < 1.29 is 9.72 Å². The number of carbonyl (C=O) groups is 1. The van der Waals surface area contributed by atoms with Gasteiger partial charge in [-0.3, -0.25) is 14.9 Å². The summed E-state index contributed by atoms with van der Waals surface area (Å²) in [5, 5.41) is 22.3. The zero-order valence-corrected chi connectivity index (χ0v) is 12.4. The normalized spacial score (nSPS) is 11.0. The van der Waals surface area contributed by atoms with E-state index < -0.39 is 4.92 Å². The molecule has 120 valence electrons. The molecule has 0 atom stereocenters. The van der Waals surface area contributed by atoms with Gasteiger partial charge in [0.1, 0.15) is 12.1 Å². The molecule has 2 aromatic carbocycles. The first kappa shape index (κ1) is 15.3. The van der Waals surface area contributed by atoms with Crippen molar-refractivity contribution in [3.63, 3.8) is 0 Å². The number of nitro benzene ring substituents is 1. The van der Waals surface area contributed by atoms with Gasteiger partial charge >= 0.3 is 0 Å². The Bertz CT molecular complexity index is 916. The van der Waals surface area contributed by atoms with Crippen molar-refractivity contribution in [1.82, 2.24) is 20.4 Å². The molecule has 1 heterocycles. The number of rotatable bonds is 5. The fourth-order valence-electron chi connectivity index (χ4n) is 2.07. The van der Waals surface area contributed by atoms with E-state index in [4.69, 9.17) is 0 Å². The molecule has 9 nitrogen and oxygen atoms in total. The molecule has 0 bridgehead atoms. The zero-order valence-electron chi connectivity index (χ0n) is 12.4. The Morgan fingerprint density at radius 2 is 2.00 bits per heavy atom. The van der Waals surface area contributed by atoms with E-state index in [1.807, 2.05) is 24.3 Å². The van der Waals surface area contributed by atoms with Crippen LogP contribution >= 0.6 is 0 Å². The van der Waals surface area contributed by atoms with Crippen molar-refractivity contribution in [2.24, 2.45) is 5.10 Å². The van der Waals surface area contributed by atoms with E-state index in [2.05, 4.69) is 20.8 Å². The molecular weight excluding hydrogens is 312 g/mol. The number of para-hydroxylation sites is 1. The average molecular weight is 324 g/mol. The van der Waals surface area contributed by atoms with Crippen molar-refractivity contribution in [2.75, 3.05) is 0 Å². The van der Waals surface area contributed by atoms with Crippen LogP contribution in [0.4, 0.5) is 5.69 Å². The lowest BCUT2D eigenvalue weighted by Crippen LogP contribution is -2.23. The van der Waals surface area contributed by atoms with Crippen LogP contribution in [-0.2, 0) is 11.3 Å². The summed E-state index contributed by atoms with van der Waals surface area (Å²) in [5.74, 6) is -0.358. The number of benzene rings is 2. The molecule has 9 heteroatoms. The van der Waals surface area contributed by atoms with E-state index in [1.165, 1.54) is 23.0 Å². The first-order valence-electron chi connectivity index (χ1n) is 6.98. The topological polar surface area (TPSA) is 115 Å². The van der Waals surface area contributed by atoms with Crippen LogP contribution in [0.3, 0.4) is 0 Å². The van der Waals surface area contributed by atoms with E-state index in [-0.39, 0.29) is 18.1 Å². The van der Waals surface area contributed by atoms with E-state index in [0.717, 1.165) is 5.52 Å². The van der Waals surface area contributed by atoms with Gasteiger partial charge in [0.05, 0.1) is 16.7 Å². The summed E-state index contributed by atoms with van der Waals surface area (Å²) in [6.45, 7) is -0.0158. The summed E-state index contributed by atoms with van der Waals surface area (Å²) in [6.07, 6.45) is 1.40. The van der Waals surface area contributed by atoms with Crippen molar-refractivity contribution in [3.8, 4) is 0 Å². The predicted molar refractivity (Wildman–Crippen MR) is 86.4 cm³/mol. The summed E-state index contributed by atoms with van der Waals surface area (Å²) in [6, 6.07) is 13.1. The third-order valence-corrected chi connectivity index (χ3v) is 3.22. The summed E-state index contributed by atoms with van der Waals surface area (Å²) < 4.78 is 1.48. The van der Waals surface area contributed by atoms with Crippen molar-refractivity contribution in [3.05, 3.63) is 64.2 Å². The Kier molecular flexibility index (Phi) is 4.23. The fraction of sp³-hybridized carbons (Fsp3) is 0.0667. The van der Waals surface area contributed by atoms with Crippen molar-refractivity contribution in [2.45, 2.75) is 6.54 Å². The molecule has 1 aromatic heterocycles. The van der Waals surface area contributed by atoms with Gasteiger partial charge in [0.2, 0.25) is 0 Å². The number of amides is 1. The number of hydrogen-bond acceptors (Lipinski definition) is 6. The molecule has 3 rings (SSSR count). The van der Waals surface area contributed by atoms with Gasteiger partial charge in [-0.25, -0.2) is 10.1 Å². The number of nitro groups is 1. The monoisotopic (exact) mass is 324 g/mol. The van der Waals surface area contributed by atoms with Gasteiger partial charge in [0.15, 0.2) is 0 Å². The van der Waals surface area contributed by atoms with E-state index in [1.54, 1.807) is 12.1 Å². The van der Waals surface area contributed by atoms with Crippen LogP contribution in [0.15, 0.2) is 53.6 Å². The maximum Gasteiger partial charge on any atom is 0.269 e. The van der Waals surface area contributed by atoms with Crippen molar-refractivity contribution in [1.29, 1.82) is 0 Å². The number of aromatic nitrogens is 3. The Hall–Kier alpha value is -3.62. The van der Waals surface area contributed by atoms with Gasteiger partial charge in [0, 0.05) is 12.1 Å². The maximum atomic E-state index is 11.9. The minimum atomic E-state index is -0.481. The molecule has 0 spiro atoms. The molecule has 0 fully saturated rings. The molecule has 24 heavy (non-hydrogen) atoms. The highest BCUT2D eigenvalue weighted by molar-refractivity contribution is 5.83. The second kappa shape index (κ2) is 6.65. The van der Waals surface area contributed by atoms with E-state index in [0.29, 0.717) is 11.1 Å². The first-order chi connectivity index (χ1) is 11.6. The minimum absolute atomic E-state index is 0.00533. The lowest BCUT2D eigenvalue weighted by Gasteiger charge is -2.01. The van der Waals surface area contributed by atoms with E-state index in [9.17, 15) is 14.9 Å². The molecule has 0 aliphatic heterocycles.